The zero-order valence-electron chi connectivity index (χ0n) is 14.6. The second-order valence-electron chi connectivity index (χ2n) is 6.50. The average Bonchev–Trinajstić information content (AvgIpc) is 2.80. The molecular weight excluding hydrogens is 352 g/mol. The predicted molar refractivity (Wildman–Crippen MR) is 99.2 cm³/mol. The molecule has 1 atom stereocenters. The first kappa shape index (κ1) is 18.1. The summed E-state index contributed by atoms with van der Waals surface area (Å²) in [6.45, 7) is 3.98. The number of nitrogens with zero attached hydrogens (tertiary/aromatic N) is 1. The molecule has 1 heterocycles. The number of aryl methyl sites for hydroxylation is 1. The van der Waals surface area contributed by atoms with Gasteiger partial charge in [-0.25, -0.2) is 12.7 Å². The number of nitrogens with one attached hydrogen (secondary N) is 1. The lowest BCUT2D eigenvalue weighted by Gasteiger charge is -2.15. The Balaban J connectivity index is 1.71. The fraction of sp³-hybridized carbons (Fsp3) is 0.263. The van der Waals surface area contributed by atoms with Gasteiger partial charge in [0.25, 0.3) is 5.91 Å². The molecule has 1 fully saturated rings. The van der Waals surface area contributed by atoms with Crippen LogP contribution in [0.5, 0.6) is 0 Å². The number of carbonyl (C=O) groups is 2. The van der Waals surface area contributed by atoms with E-state index in [1.807, 2.05) is 31.2 Å². The maximum Gasteiger partial charge on any atom is 0.251 e. The second kappa shape index (κ2) is 6.92. The Kier molecular flexibility index (Phi) is 4.82. The standard InChI is InChI=1S/C19H20N2O4S/c1-13-4-3-5-15(10-13)11-20-18(22)16-6-8-17(9-7-16)21-19(23)14(2)12-26(21,24)25/h3-10,14H,11-12H2,1-2H3,(H,20,22). The first-order valence-corrected chi connectivity index (χ1v) is 9.89. The van der Waals surface area contributed by atoms with E-state index in [0.29, 0.717) is 12.1 Å². The van der Waals surface area contributed by atoms with E-state index in [1.165, 1.54) is 24.3 Å². The normalized spacial score (nSPS) is 18.8. The van der Waals surface area contributed by atoms with E-state index in [-0.39, 0.29) is 17.3 Å². The highest BCUT2D eigenvalue weighted by molar-refractivity contribution is 7.94. The summed E-state index contributed by atoms with van der Waals surface area (Å²) in [6.07, 6.45) is 0. The van der Waals surface area contributed by atoms with Crippen LogP contribution in [0.3, 0.4) is 0 Å². The number of hydrogen-bond donors (Lipinski definition) is 1. The molecule has 136 valence electrons. The molecule has 1 N–H and O–H groups in total. The van der Waals surface area contributed by atoms with Crippen LogP contribution in [0.15, 0.2) is 48.5 Å². The summed E-state index contributed by atoms with van der Waals surface area (Å²) in [4.78, 5) is 24.4. The van der Waals surface area contributed by atoms with E-state index < -0.39 is 21.8 Å². The number of sulfonamides is 1. The Morgan fingerprint density at radius 2 is 1.88 bits per heavy atom. The summed E-state index contributed by atoms with van der Waals surface area (Å²) in [6, 6.07) is 13.8. The van der Waals surface area contributed by atoms with Gasteiger partial charge in [-0.3, -0.25) is 9.59 Å². The van der Waals surface area contributed by atoms with Crippen LogP contribution in [0, 0.1) is 12.8 Å². The predicted octanol–water partition coefficient (Wildman–Crippen LogP) is 2.24. The fourth-order valence-corrected chi connectivity index (χ4v) is 4.76. The molecule has 0 aromatic heterocycles. The Hall–Kier alpha value is -2.67. The highest BCUT2D eigenvalue weighted by Gasteiger charge is 2.41. The van der Waals surface area contributed by atoms with Gasteiger partial charge in [0, 0.05) is 12.1 Å². The van der Waals surface area contributed by atoms with Crippen molar-refractivity contribution in [3.8, 4) is 0 Å². The number of amides is 2. The molecule has 0 saturated carbocycles. The van der Waals surface area contributed by atoms with Gasteiger partial charge in [0.05, 0.1) is 17.4 Å². The molecule has 6 nitrogen and oxygen atoms in total. The van der Waals surface area contributed by atoms with Crippen molar-refractivity contribution in [2.45, 2.75) is 20.4 Å². The highest BCUT2D eigenvalue weighted by atomic mass is 32.2. The van der Waals surface area contributed by atoms with Crippen LogP contribution in [0.4, 0.5) is 5.69 Å². The van der Waals surface area contributed by atoms with Crippen molar-refractivity contribution in [3.05, 3.63) is 65.2 Å². The van der Waals surface area contributed by atoms with Crippen LogP contribution in [0.25, 0.3) is 0 Å². The molecule has 2 aromatic carbocycles. The average molecular weight is 372 g/mol. The Bertz CT molecular complexity index is 952. The van der Waals surface area contributed by atoms with Gasteiger partial charge in [-0.05, 0) is 36.8 Å². The van der Waals surface area contributed by atoms with E-state index >= 15 is 0 Å². The number of benzene rings is 2. The smallest absolute Gasteiger partial charge is 0.251 e. The summed E-state index contributed by atoms with van der Waals surface area (Å²) >= 11 is 0. The summed E-state index contributed by atoms with van der Waals surface area (Å²) in [5, 5.41) is 2.83. The van der Waals surface area contributed by atoms with E-state index in [4.69, 9.17) is 0 Å². The lowest BCUT2D eigenvalue weighted by atomic mass is 10.1. The molecule has 1 saturated heterocycles. The van der Waals surface area contributed by atoms with E-state index in [1.54, 1.807) is 6.92 Å². The van der Waals surface area contributed by atoms with Gasteiger partial charge in [0.1, 0.15) is 0 Å². The maximum atomic E-state index is 12.3. The van der Waals surface area contributed by atoms with Crippen LogP contribution in [-0.2, 0) is 21.4 Å². The lowest BCUT2D eigenvalue weighted by Crippen LogP contribution is -2.30. The third kappa shape index (κ3) is 3.62. The minimum absolute atomic E-state index is 0.190. The summed E-state index contributed by atoms with van der Waals surface area (Å²) in [5.41, 5.74) is 2.78. The summed E-state index contributed by atoms with van der Waals surface area (Å²) in [7, 11) is -3.64. The minimum atomic E-state index is -3.64. The molecule has 0 radical (unpaired) electrons. The number of rotatable bonds is 4. The van der Waals surface area contributed by atoms with Gasteiger partial charge < -0.3 is 5.32 Å². The van der Waals surface area contributed by atoms with Crippen LogP contribution in [0.1, 0.15) is 28.4 Å². The highest BCUT2D eigenvalue weighted by Crippen LogP contribution is 2.28. The van der Waals surface area contributed by atoms with Crippen LogP contribution in [0.2, 0.25) is 0 Å². The van der Waals surface area contributed by atoms with E-state index in [0.717, 1.165) is 15.4 Å². The molecule has 3 rings (SSSR count). The molecule has 0 aliphatic carbocycles. The van der Waals surface area contributed by atoms with Gasteiger partial charge >= 0.3 is 0 Å². The number of anilines is 1. The van der Waals surface area contributed by atoms with Crippen molar-refractivity contribution in [1.82, 2.24) is 5.32 Å². The van der Waals surface area contributed by atoms with E-state index in [9.17, 15) is 18.0 Å². The van der Waals surface area contributed by atoms with Crippen molar-refractivity contribution >= 4 is 27.5 Å². The van der Waals surface area contributed by atoms with Gasteiger partial charge in [0.2, 0.25) is 15.9 Å². The van der Waals surface area contributed by atoms with Gasteiger partial charge in [0.15, 0.2) is 0 Å². The molecular formula is C19H20N2O4S. The molecule has 0 spiro atoms. The quantitative estimate of drug-likeness (QED) is 0.892. The Morgan fingerprint density at radius 3 is 2.46 bits per heavy atom. The van der Waals surface area contributed by atoms with Crippen molar-refractivity contribution in [2.24, 2.45) is 5.92 Å². The van der Waals surface area contributed by atoms with Gasteiger partial charge in [-0.15, -0.1) is 0 Å². The fourth-order valence-electron chi connectivity index (χ4n) is 2.94. The molecule has 1 aliphatic heterocycles. The van der Waals surface area contributed by atoms with Crippen molar-refractivity contribution in [2.75, 3.05) is 10.1 Å². The van der Waals surface area contributed by atoms with Crippen LogP contribution in [-0.4, -0.2) is 26.0 Å². The number of carbonyl (C=O) groups excluding carboxylic acids is 2. The molecule has 2 amide bonds. The van der Waals surface area contributed by atoms with Crippen LogP contribution < -0.4 is 9.62 Å². The van der Waals surface area contributed by atoms with Crippen molar-refractivity contribution in [1.29, 1.82) is 0 Å². The zero-order valence-corrected chi connectivity index (χ0v) is 15.4. The summed E-state index contributed by atoms with van der Waals surface area (Å²) in [5.74, 6) is -1.45. The molecule has 1 unspecified atom stereocenters. The van der Waals surface area contributed by atoms with Gasteiger partial charge in [-0.1, -0.05) is 36.8 Å². The van der Waals surface area contributed by atoms with Gasteiger partial charge in [-0.2, -0.15) is 0 Å². The lowest BCUT2D eigenvalue weighted by molar-refractivity contribution is -0.119. The second-order valence-corrected chi connectivity index (χ2v) is 8.36. The van der Waals surface area contributed by atoms with Crippen molar-refractivity contribution in [3.63, 3.8) is 0 Å². The largest absolute Gasteiger partial charge is 0.348 e. The molecule has 7 heteroatoms. The topological polar surface area (TPSA) is 83.6 Å². The van der Waals surface area contributed by atoms with E-state index in [2.05, 4.69) is 5.32 Å². The monoisotopic (exact) mass is 372 g/mol. The number of hydrogen-bond acceptors (Lipinski definition) is 4. The molecule has 0 bridgehead atoms. The zero-order chi connectivity index (χ0) is 18.9. The molecule has 2 aromatic rings. The third-order valence-corrected chi connectivity index (χ3v) is 6.13. The maximum absolute atomic E-state index is 12.3. The molecule has 1 aliphatic rings. The van der Waals surface area contributed by atoms with Crippen molar-refractivity contribution < 1.29 is 18.0 Å². The minimum Gasteiger partial charge on any atom is -0.348 e. The Morgan fingerprint density at radius 1 is 1.19 bits per heavy atom. The third-order valence-electron chi connectivity index (χ3n) is 4.26. The Labute approximate surface area is 152 Å². The van der Waals surface area contributed by atoms with Crippen LogP contribution >= 0.6 is 0 Å². The first-order chi connectivity index (χ1) is 12.3. The SMILES string of the molecule is Cc1cccc(CNC(=O)c2ccc(N3C(=O)C(C)CS3(=O)=O)cc2)c1. The first-order valence-electron chi connectivity index (χ1n) is 8.28. The summed E-state index contributed by atoms with van der Waals surface area (Å²) < 4.78 is 25.1. The molecule has 26 heavy (non-hydrogen) atoms.